The lowest BCUT2D eigenvalue weighted by Crippen LogP contribution is -2.50. The smallest absolute Gasteiger partial charge is 0.261 e. The van der Waals surface area contributed by atoms with Crippen molar-refractivity contribution < 1.29 is 35.9 Å². The third-order valence-corrected chi connectivity index (χ3v) is 10.4. The minimum absolute atomic E-state index is 0.0530. The van der Waals surface area contributed by atoms with Gasteiger partial charge in [-0.1, -0.05) is 24.6 Å². The summed E-state index contributed by atoms with van der Waals surface area (Å²) >= 11 is 0. The molecule has 13 heteroatoms. The van der Waals surface area contributed by atoms with Crippen LogP contribution in [0.4, 0.5) is 10.1 Å². The van der Waals surface area contributed by atoms with E-state index < -0.39 is 43.9 Å². The monoisotopic (exact) mass is 619 g/mol. The summed E-state index contributed by atoms with van der Waals surface area (Å²) in [5, 5.41) is 9.89. The second kappa shape index (κ2) is 12.4. The van der Waals surface area contributed by atoms with Crippen LogP contribution in [0.1, 0.15) is 29.8 Å². The van der Waals surface area contributed by atoms with E-state index in [0.717, 1.165) is 22.0 Å². The van der Waals surface area contributed by atoms with E-state index in [1.165, 1.54) is 54.4 Å². The number of anilines is 1. The maximum absolute atomic E-state index is 13.7. The average molecular weight is 620 g/mol. The second-order valence-corrected chi connectivity index (χ2v) is 14.2. The molecule has 2 N–H and O–H groups in total. The molecule has 0 saturated carbocycles. The number of rotatable bonds is 9. The first-order chi connectivity index (χ1) is 19.7. The Balaban J connectivity index is 1.68. The summed E-state index contributed by atoms with van der Waals surface area (Å²) in [4.78, 5) is 15.1. The predicted molar refractivity (Wildman–Crippen MR) is 156 cm³/mol. The van der Waals surface area contributed by atoms with Crippen molar-refractivity contribution in [2.75, 3.05) is 31.5 Å². The summed E-state index contributed by atoms with van der Waals surface area (Å²) in [5.74, 6) is -1.27. The first kappa shape index (κ1) is 31.4. The van der Waals surface area contributed by atoms with E-state index in [0.29, 0.717) is 0 Å². The van der Waals surface area contributed by atoms with Crippen molar-refractivity contribution in [1.29, 1.82) is 0 Å². The topological polar surface area (TPSA) is 133 Å². The molecule has 0 radical (unpaired) electrons. The van der Waals surface area contributed by atoms with Crippen LogP contribution in [-0.2, 0) is 20.0 Å². The zero-order valence-corrected chi connectivity index (χ0v) is 25.3. The van der Waals surface area contributed by atoms with Crippen LogP contribution in [0, 0.1) is 18.7 Å². The normalized spacial score (nSPS) is 18.5. The molecule has 42 heavy (non-hydrogen) atoms. The van der Waals surface area contributed by atoms with Crippen LogP contribution in [0.5, 0.6) is 5.75 Å². The quantitative estimate of drug-likeness (QED) is 0.375. The van der Waals surface area contributed by atoms with E-state index in [1.54, 1.807) is 19.1 Å². The molecule has 226 valence electrons. The minimum atomic E-state index is -3.99. The Morgan fingerprint density at radius 1 is 1.05 bits per heavy atom. The molecule has 0 bridgehead atoms. The van der Waals surface area contributed by atoms with E-state index >= 15 is 0 Å². The number of hydrogen-bond donors (Lipinski definition) is 2. The van der Waals surface area contributed by atoms with E-state index in [9.17, 15) is 31.1 Å². The first-order valence-corrected chi connectivity index (χ1v) is 16.2. The molecule has 0 aliphatic carbocycles. The molecule has 0 fully saturated rings. The standard InChI is InChI=1S/C29H34FN3O7S2/c1-19-5-10-24(11-6-19)41(36,37)31-23-9-14-27-26(15-23)29(35)33(21(3)18-34)16-20(2)28(40-27)17-32(4)42(38,39)25-12-7-22(30)8-13-25/h5-15,20-21,28,31,34H,16-18H2,1-4H3/t20-,21+,28+/m0/s1. The van der Waals surface area contributed by atoms with Gasteiger partial charge in [-0.05, 0) is 68.4 Å². The SMILES string of the molecule is Cc1ccc(S(=O)(=O)Nc2ccc3c(c2)C(=O)N([C@H](C)CO)C[C@H](C)[C@@H](CN(C)S(=O)(=O)c2ccc(F)cc2)O3)cc1. The number of aryl methyl sites for hydroxylation is 1. The third kappa shape index (κ3) is 6.75. The summed E-state index contributed by atoms with van der Waals surface area (Å²) in [6.45, 7) is 5.04. The van der Waals surface area contributed by atoms with Crippen molar-refractivity contribution in [2.45, 2.75) is 42.7 Å². The number of aliphatic hydroxyl groups excluding tert-OH is 1. The van der Waals surface area contributed by atoms with Gasteiger partial charge in [0, 0.05) is 25.2 Å². The number of amides is 1. The van der Waals surface area contributed by atoms with Crippen LogP contribution in [0.15, 0.2) is 76.5 Å². The maximum atomic E-state index is 13.7. The number of likely N-dealkylation sites (N-methyl/N-ethyl adjacent to an activating group) is 1. The lowest BCUT2D eigenvalue weighted by atomic mass is 9.99. The Bertz CT molecular complexity index is 1650. The number of carbonyl (C=O) groups is 1. The van der Waals surface area contributed by atoms with Gasteiger partial charge in [0.15, 0.2) is 0 Å². The molecule has 0 spiro atoms. The zero-order valence-electron chi connectivity index (χ0n) is 23.7. The average Bonchev–Trinajstić information content (AvgIpc) is 2.95. The van der Waals surface area contributed by atoms with Gasteiger partial charge >= 0.3 is 0 Å². The highest BCUT2D eigenvalue weighted by atomic mass is 32.2. The van der Waals surface area contributed by atoms with Gasteiger partial charge in [0.05, 0.1) is 34.5 Å². The van der Waals surface area contributed by atoms with E-state index in [2.05, 4.69) is 4.72 Å². The molecular weight excluding hydrogens is 585 g/mol. The number of ether oxygens (including phenoxy) is 1. The fourth-order valence-electron chi connectivity index (χ4n) is 4.57. The highest BCUT2D eigenvalue weighted by Gasteiger charge is 2.35. The summed E-state index contributed by atoms with van der Waals surface area (Å²) in [5.41, 5.74) is 1.08. The van der Waals surface area contributed by atoms with Crippen molar-refractivity contribution in [1.82, 2.24) is 9.21 Å². The number of hydrogen-bond acceptors (Lipinski definition) is 7. The minimum Gasteiger partial charge on any atom is -0.488 e. The zero-order chi connectivity index (χ0) is 30.8. The number of nitrogens with zero attached hydrogens (tertiary/aromatic N) is 2. The molecule has 1 heterocycles. The van der Waals surface area contributed by atoms with Gasteiger partial charge in [-0.15, -0.1) is 0 Å². The third-order valence-electron chi connectivity index (χ3n) is 7.21. The fraction of sp³-hybridized carbons (Fsp3) is 0.345. The summed E-state index contributed by atoms with van der Waals surface area (Å²) < 4.78 is 75.6. The van der Waals surface area contributed by atoms with Crippen LogP contribution < -0.4 is 9.46 Å². The molecule has 0 aromatic heterocycles. The molecule has 0 saturated heterocycles. The molecule has 1 aliphatic heterocycles. The van der Waals surface area contributed by atoms with Gasteiger partial charge in [0.1, 0.15) is 17.7 Å². The molecule has 1 aliphatic rings. The molecule has 3 atom stereocenters. The van der Waals surface area contributed by atoms with Gasteiger partial charge in [-0.2, -0.15) is 4.31 Å². The van der Waals surface area contributed by atoms with Gasteiger partial charge in [0.25, 0.3) is 15.9 Å². The first-order valence-electron chi connectivity index (χ1n) is 13.3. The summed E-state index contributed by atoms with van der Waals surface area (Å²) in [6.07, 6.45) is -0.736. The molecule has 10 nitrogen and oxygen atoms in total. The van der Waals surface area contributed by atoms with Gasteiger partial charge in [-0.25, -0.2) is 21.2 Å². The van der Waals surface area contributed by atoms with Gasteiger partial charge < -0.3 is 14.7 Å². The molecule has 1 amide bonds. The van der Waals surface area contributed by atoms with Crippen LogP contribution in [0.25, 0.3) is 0 Å². The maximum Gasteiger partial charge on any atom is 0.261 e. The number of fused-ring (bicyclic) bond motifs is 1. The number of benzene rings is 3. The Hall–Kier alpha value is -3.52. The Morgan fingerprint density at radius 3 is 2.29 bits per heavy atom. The Kier molecular flexibility index (Phi) is 9.26. The molecule has 3 aromatic carbocycles. The molecule has 3 aromatic rings. The number of sulfonamides is 2. The Labute approximate surface area is 245 Å². The van der Waals surface area contributed by atoms with Crippen LogP contribution in [0.2, 0.25) is 0 Å². The summed E-state index contributed by atoms with van der Waals surface area (Å²) in [7, 11) is -6.56. The van der Waals surface area contributed by atoms with Crippen LogP contribution in [0.3, 0.4) is 0 Å². The second-order valence-electron chi connectivity index (χ2n) is 10.5. The van der Waals surface area contributed by atoms with Crippen LogP contribution in [-0.4, -0.2) is 75.9 Å². The highest BCUT2D eigenvalue weighted by Crippen LogP contribution is 2.32. The molecule has 0 unspecified atom stereocenters. The largest absolute Gasteiger partial charge is 0.488 e. The van der Waals surface area contributed by atoms with Crippen molar-refractivity contribution in [3.05, 3.63) is 83.7 Å². The van der Waals surface area contributed by atoms with Gasteiger partial charge in [-0.3, -0.25) is 9.52 Å². The molecular formula is C29H34FN3O7S2. The number of halogens is 1. The number of nitrogens with one attached hydrogen (secondary N) is 1. The molecule has 4 rings (SSSR count). The highest BCUT2D eigenvalue weighted by molar-refractivity contribution is 7.92. The van der Waals surface area contributed by atoms with E-state index in [1.807, 2.05) is 13.8 Å². The van der Waals surface area contributed by atoms with Gasteiger partial charge in [0.2, 0.25) is 10.0 Å². The fourth-order valence-corrected chi connectivity index (χ4v) is 6.81. The van der Waals surface area contributed by atoms with E-state index in [-0.39, 0.29) is 52.4 Å². The van der Waals surface area contributed by atoms with Crippen molar-refractivity contribution >= 4 is 31.6 Å². The lowest BCUT2D eigenvalue weighted by molar-refractivity contribution is 0.0387. The number of carbonyl (C=O) groups excluding carboxylic acids is 1. The van der Waals surface area contributed by atoms with Crippen molar-refractivity contribution in [2.24, 2.45) is 5.92 Å². The lowest BCUT2D eigenvalue weighted by Gasteiger charge is -2.38. The summed E-state index contributed by atoms with van der Waals surface area (Å²) in [6, 6.07) is 14.5. The Morgan fingerprint density at radius 2 is 1.67 bits per heavy atom. The van der Waals surface area contributed by atoms with Crippen molar-refractivity contribution in [3.8, 4) is 5.75 Å². The van der Waals surface area contributed by atoms with E-state index in [4.69, 9.17) is 4.74 Å². The van der Waals surface area contributed by atoms with Crippen molar-refractivity contribution in [3.63, 3.8) is 0 Å². The van der Waals surface area contributed by atoms with Crippen LogP contribution >= 0.6 is 0 Å². The predicted octanol–water partition coefficient (Wildman–Crippen LogP) is 3.48. The number of aliphatic hydroxyl groups is 1.